The Bertz CT molecular complexity index is 1500. The van der Waals surface area contributed by atoms with Gasteiger partial charge in [-0.05, 0) is 83.0 Å². The van der Waals surface area contributed by atoms with Crippen molar-refractivity contribution in [2.45, 2.75) is 57.9 Å². The van der Waals surface area contributed by atoms with E-state index in [1.165, 1.54) is 17.0 Å². The van der Waals surface area contributed by atoms with Crippen molar-refractivity contribution in [1.29, 1.82) is 5.26 Å². The Balaban J connectivity index is 1.68. The van der Waals surface area contributed by atoms with E-state index < -0.39 is 34.5 Å². The first-order valence-electron chi connectivity index (χ1n) is 13.4. The van der Waals surface area contributed by atoms with Gasteiger partial charge in [-0.1, -0.05) is 54.9 Å². The highest BCUT2D eigenvalue weighted by atomic mass is 79.9. The number of benzene rings is 3. The summed E-state index contributed by atoms with van der Waals surface area (Å²) >= 11 is 3.48. The maximum absolute atomic E-state index is 14.0. The first-order valence-corrected chi connectivity index (χ1v) is 14.2. The molecule has 1 heterocycles. The molecule has 1 amide bonds. The van der Waals surface area contributed by atoms with E-state index >= 15 is 0 Å². The molecule has 5 nitrogen and oxygen atoms in total. The molecule has 1 saturated heterocycles. The van der Waals surface area contributed by atoms with E-state index in [0.29, 0.717) is 39.6 Å². The summed E-state index contributed by atoms with van der Waals surface area (Å²) in [6.45, 7) is 6.04. The number of alkyl halides is 3. The summed E-state index contributed by atoms with van der Waals surface area (Å²) in [7, 11) is 0. The first-order chi connectivity index (χ1) is 19.6. The summed E-state index contributed by atoms with van der Waals surface area (Å²) in [6.07, 6.45) is -4.84. The number of ether oxygens (including phenoxy) is 1. The van der Waals surface area contributed by atoms with Crippen LogP contribution in [0.15, 0.2) is 65.1 Å². The van der Waals surface area contributed by atoms with Crippen LogP contribution in [0.2, 0.25) is 0 Å². The fourth-order valence-corrected chi connectivity index (χ4v) is 6.43. The Hall–Kier alpha value is -3.42. The van der Waals surface area contributed by atoms with Crippen molar-refractivity contribution < 1.29 is 32.2 Å². The van der Waals surface area contributed by atoms with E-state index in [9.17, 15) is 27.5 Å². The average Bonchev–Trinajstić information content (AvgIpc) is 2.91. The lowest BCUT2D eigenvalue weighted by molar-refractivity contribution is -0.137. The predicted octanol–water partition coefficient (Wildman–Crippen LogP) is 8.79. The molecule has 0 aromatic heterocycles. The number of carbonyl (C=O) groups is 1. The van der Waals surface area contributed by atoms with Crippen molar-refractivity contribution in [3.63, 3.8) is 0 Å². The molecule has 10 heteroatoms. The van der Waals surface area contributed by atoms with Gasteiger partial charge < -0.3 is 14.7 Å². The predicted molar refractivity (Wildman–Crippen MR) is 154 cm³/mol. The Morgan fingerprint density at radius 1 is 1.10 bits per heavy atom. The lowest BCUT2D eigenvalue weighted by Crippen LogP contribution is -2.57. The van der Waals surface area contributed by atoms with Crippen LogP contribution in [0.25, 0.3) is 11.1 Å². The van der Waals surface area contributed by atoms with Gasteiger partial charge in [0.05, 0.1) is 30.4 Å². The van der Waals surface area contributed by atoms with E-state index in [1.807, 2.05) is 26.8 Å². The first kappa shape index (κ1) is 31.5. The molecule has 0 aliphatic carbocycles. The Labute approximate surface area is 250 Å². The highest BCUT2D eigenvalue weighted by Gasteiger charge is 2.47. The van der Waals surface area contributed by atoms with Crippen molar-refractivity contribution in [2.75, 3.05) is 13.2 Å². The number of nitriles is 1. The minimum absolute atomic E-state index is 0.0831. The summed E-state index contributed by atoms with van der Waals surface area (Å²) in [6, 6.07) is 16.0. The third-order valence-corrected chi connectivity index (χ3v) is 8.51. The van der Waals surface area contributed by atoms with E-state index in [0.717, 1.165) is 17.7 Å². The molecular weight excluding hydrogens is 616 g/mol. The number of halogens is 5. The number of amides is 1. The maximum Gasteiger partial charge on any atom is 0.416 e. The van der Waals surface area contributed by atoms with Crippen molar-refractivity contribution in [3.8, 4) is 17.2 Å². The highest BCUT2D eigenvalue weighted by Crippen LogP contribution is 2.46. The average molecular weight is 648 g/mol. The van der Waals surface area contributed by atoms with Gasteiger partial charge in [-0.15, -0.1) is 0 Å². The third-order valence-electron chi connectivity index (χ3n) is 7.85. The second-order valence-electron chi connectivity index (χ2n) is 11.8. The van der Waals surface area contributed by atoms with Gasteiger partial charge in [0.25, 0.3) is 0 Å². The van der Waals surface area contributed by atoms with Crippen LogP contribution < -0.4 is 0 Å². The molecule has 0 bridgehead atoms. The van der Waals surface area contributed by atoms with Crippen molar-refractivity contribution in [1.82, 2.24) is 4.90 Å². The third kappa shape index (κ3) is 6.96. The molecule has 3 aromatic rings. The van der Waals surface area contributed by atoms with Crippen LogP contribution in [0.4, 0.5) is 22.4 Å². The standard InChI is InChI=1S/C32H31BrF4N2O3/c1-30(2,3)28-16-31(10-11-39(28)29(40)41,26-9-8-25(34)15-27(26)33)19-42-18-21-12-23(14-24(13-21)32(35,36)37)22-6-4-20(17-38)5-7-22/h4-9,12-15,28H,10-11,16,18-19H2,1-3H3,(H,40,41). The summed E-state index contributed by atoms with van der Waals surface area (Å²) < 4.78 is 62.2. The van der Waals surface area contributed by atoms with E-state index in [1.54, 1.807) is 36.4 Å². The molecule has 0 saturated carbocycles. The zero-order valence-electron chi connectivity index (χ0n) is 23.4. The molecule has 1 fully saturated rings. The summed E-state index contributed by atoms with van der Waals surface area (Å²) in [5.41, 5.74) is 0.365. The second-order valence-corrected chi connectivity index (χ2v) is 12.7. The molecule has 4 rings (SSSR count). The Kier molecular flexibility index (Phi) is 9.05. The number of piperidine rings is 1. The van der Waals surface area contributed by atoms with Crippen molar-refractivity contribution in [2.24, 2.45) is 5.41 Å². The van der Waals surface area contributed by atoms with Crippen LogP contribution in [0.5, 0.6) is 0 Å². The molecule has 1 aliphatic rings. The van der Waals surface area contributed by atoms with Gasteiger partial charge in [-0.2, -0.15) is 18.4 Å². The summed E-state index contributed by atoms with van der Waals surface area (Å²) in [5.74, 6) is -0.434. The molecule has 0 radical (unpaired) electrons. The van der Waals surface area contributed by atoms with Gasteiger partial charge in [0, 0.05) is 22.5 Å². The Morgan fingerprint density at radius 2 is 1.79 bits per heavy atom. The zero-order chi connectivity index (χ0) is 30.9. The normalized spacial score (nSPS) is 19.4. The van der Waals surface area contributed by atoms with Crippen LogP contribution >= 0.6 is 15.9 Å². The van der Waals surface area contributed by atoms with Crippen molar-refractivity contribution >= 4 is 22.0 Å². The lowest BCUT2D eigenvalue weighted by Gasteiger charge is -2.50. The molecule has 3 aromatic carbocycles. The van der Waals surface area contributed by atoms with Gasteiger partial charge in [-0.3, -0.25) is 0 Å². The largest absolute Gasteiger partial charge is 0.465 e. The van der Waals surface area contributed by atoms with Gasteiger partial charge in [-0.25, -0.2) is 9.18 Å². The molecule has 1 aliphatic heterocycles. The number of nitrogens with zero attached hydrogens (tertiary/aromatic N) is 2. The fourth-order valence-electron chi connectivity index (χ4n) is 5.66. The molecule has 222 valence electrons. The fraction of sp³-hybridized carbons (Fsp3) is 0.375. The molecule has 42 heavy (non-hydrogen) atoms. The molecule has 0 spiro atoms. The monoisotopic (exact) mass is 646 g/mol. The Morgan fingerprint density at radius 3 is 2.36 bits per heavy atom. The van der Waals surface area contributed by atoms with E-state index in [4.69, 9.17) is 10.00 Å². The van der Waals surface area contributed by atoms with Crippen LogP contribution in [-0.4, -0.2) is 35.3 Å². The van der Waals surface area contributed by atoms with Gasteiger partial charge in [0.15, 0.2) is 0 Å². The van der Waals surface area contributed by atoms with Crippen molar-refractivity contribution in [3.05, 3.63) is 93.2 Å². The van der Waals surface area contributed by atoms with Crippen LogP contribution in [0, 0.1) is 22.6 Å². The number of hydrogen-bond donors (Lipinski definition) is 1. The highest BCUT2D eigenvalue weighted by molar-refractivity contribution is 9.10. The van der Waals surface area contributed by atoms with Crippen LogP contribution in [0.1, 0.15) is 55.9 Å². The van der Waals surface area contributed by atoms with Gasteiger partial charge in [0.2, 0.25) is 0 Å². The maximum atomic E-state index is 14.0. The number of carboxylic acid groups (broad SMARTS) is 1. The summed E-state index contributed by atoms with van der Waals surface area (Å²) in [5, 5.41) is 19.0. The van der Waals surface area contributed by atoms with E-state index in [2.05, 4.69) is 15.9 Å². The zero-order valence-corrected chi connectivity index (χ0v) is 25.0. The SMILES string of the molecule is CC(C)(C)C1CC(COCc2cc(-c3ccc(C#N)cc3)cc(C(F)(F)F)c2)(c2ccc(F)cc2Br)CCN1C(=O)O. The number of hydrogen-bond acceptors (Lipinski definition) is 3. The second kappa shape index (κ2) is 12.1. The molecule has 2 unspecified atom stereocenters. The van der Waals surface area contributed by atoms with Gasteiger partial charge in [0.1, 0.15) is 5.82 Å². The smallest absolute Gasteiger partial charge is 0.416 e. The number of likely N-dealkylation sites (tertiary alicyclic amines) is 1. The summed E-state index contributed by atoms with van der Waals surface area (Å²) in [4.78, 5) is 13.5. The molecular formula is C32H31BrF4N2O3. The minimum Gasteiger partial charge on any atom is -0.465 e. The minimum atomic E-state index is -4.58. The quantitative estimate of drug-likeness (QED) is 0.272. The molecule has 2 atom stereocenters. The topological polar surface area (TPSA) is 73.6 Å². The van der Waals surface area contributed by atoms with E-state index in [-0.39, 0.29) is 25.8 Å². The number of rotatable bonds is 6. The van der Waals surface area contributed by atoms with Crippen LogP contribution in [-0.2, 0) is 22.9 Å². The lowest BCUT2D eigenvalue weighted by atomic mass is 9.66. The van der Waals surface area contributed by atoms with Crippen LogP contribution in [0.3, 0.4) is 0 Å². The molecule has 1 N–H and O–H groups in total. The van der Waals surface area contributed by atoms with Gasteiger partial charge >= 0.3 is 12.3 Å².